The molecular weight excluding hydrogens is 378 g/mol. The van der Waals surface area contributed by atoms with E-state index < -0.39 is 24.6 Å². The van der Waals surface area contributed by atoms with Gasteiger partial charge in [0.25, 0.3) is 11.5 Å². The smallest absolute Gasteiger partial charge is 0.416 e. The molecule has 0 atom stereocenters. The second kappa shape index (κ2) is 7.55. The summed E-state index contributed by atoms with van der Waals surface area (Å²) in [5, 5.41) is 4.77. The summed E-state index contributed by atoms with van der Waals surface area (Å²) < 4.78 is 10.9. The lowest BCUT2D eigenvalue weighted by atomic mass is 10.1. The molecule has 29 heavy (non-hydrogen) atoms. The Morgan fingerprint density at radius 1 is 1.00 bits per heavy atom. The third kappa shape index (κ3) is 3.45. The number of amides is 2. The van der Waals surface area contributed by atoms with E-state index in [0.29, 0.717) is 11.1 Å². The molecule has 0 unspecified atom stereocenters. The Morgan fingerprint density at radius 3 is 2.38 bits per heavy atom. The van der Waals surface area contributed by atoms with Crippen molar-refractivity contribution in [2.45, 2.75) is 0 Å². The van der Waals surface area contributed by atoms with Gasteiger partial charge in [0, 0.05) is 5.39 Å². The quantitative estimate of drug-likeness (QED) is 0.619. The van der Waals surface area contributed by atoms with Gasteiger partial charge in [0.15, 0.2) is 12.3 Å². The number of benzene rings is 2. The zero-order valence-corrected chi connectivity index (χ0v) is 15.1. The van der Waals surface area contributed by atoms with Crippen molar-refractivity contribution in [2.75, 3.05) is 19.8 Å². The van der Waals surface area contributed by atoms with Gasteiger partial charge in [0.1, 0.15) is 6.61 Å². The Bertz CT molecular complexity index is 1170. The third-order valence-electron chi connectivity index (χ3n) is 4.39. The minimum absolute atomic E-state index is 0.104. The van der Waals surface area contributed by atoms with E-state index in [2.05, 4.69) is 9.84 Å². The number of para-hydroxylation sites is 1. The van der Waals surface area contributed by atoms with Crippen molar-refractivity contribution in [3.8, 4) is 5.69 Å². The molecule has 0 radical (unpaired) electrons. The van der Waals surface area contributed by atoms with Crippen LogP contribution in [0.4, 0.5) is 4.79 Å². The van der Waals surface area contributed by atoms with Crippen LogP contribution in [0.2, 0.25) is 0 Å². The van der Waals surface area contributed by atoms with Gasteiger partial charge in [-0.2, -0.15) is 9.78 Å². The maximum Gasteiger partial charge on any atom is 0.416 e. The molecule has 0 bridgehead atoms. The molecule has 2 aromatic carbocycles. The van der Waals surface area contributed by atoms with Crippen molar-refractivity contribution in [2.24, 2.45) is 0 Å². The van der Waals surface area contributed by atoms with Crippen LogP contribution in [-0.2, 0) is 14.3 Å². The highest BCUT2D eigenvalue weighted by atomic mass is 16.6. The van der Waals surface area contributed by atoms with Gasteiger partial charge in [-0.1, -0.05) is 36.4 Å². The lowest BCUT2D eigenvalue weighted by Crippen LogP contribution is -2.35. The first kappa shape index (κ1) is 18.4. The number of hydrogen-bond acceptors (Lipinski definition) is 7. The van der Waals surface area contributed by atoms with Gasteiger partial charge in [0.2, 0.25) is 0 Å². The van der Waals surface area contributed by atoms with E-state index in [-0.39, 0.29) is 29.8 Å². The number of fused-ring (bicyclic) bond motifs is 1. The summed E-state index contributed by atoms with van der Waals surface area (Å²) in [5.41, 5.74) is -0.0201. The van der Waals surface area contributed by atoms with Crippen LogP contribution < -0.4 is 5.56 Å². The van der Waals surface area contributed by atoms with Crippen molar-refractivity contribution < 1.29 is 23.9 Å². The van der Waals surface area contributed by atoms with Crippen molar-refractivity contribution in [3.05, 3.63) is 70.6 Å². The second-order valence-corrected chi connectivity index (χ2v) is 6.18. The predicted octanol–water partition coefficient (Wildman–Crippen LogP) is 1.52. The van der Waals surface area contributed by atoms with Gasteiger partial charge in [-0.3, -0.25) is 9.59 Å². The molecule has 0 spiro atoms. The Labute approximate surface area is 164 Å². The van der Waals surface area contributed by atoms with Crippen LogP contribution in [-0.4, -0.2) is 52.4 Å². The molecule has 4 rings (SSSR count). The van der Waals surface area contributed by atoms with Crippen molar-refractivity contribution in [1.29, 1.82) is 0 Å². The number of esters is 1. The largest absolute Gasteiger partial charge is 0.451 e. The number of carbonyl (C=O) groups is 3. The van der Waals surface area contributed by atoms with Gasteiger partial charge in [0.05, 0.1) is 17.6 Å². The Balaban J connectivity index is 1.68. The minimum atomic E-state index is -0.883. The maximum atomic E-state index is 12.8. The van der Waals surface area contributed by atoms with Crippen LogP contribution in [0.5, 0.6) is 0 Å². The molecule has 1 aromatic heterocycles. The number of rotatable bonds is 4. The summed E-state index contributed by atoms with van der Waals surface area (Å²) in [6.45, 7) is -0.434. The zero-order chi connectivity index (χ0) is 20.4. The van der Waals surface area contributed by atoms with Crippen LogP contribution in [0.25, 0.3) is 16.5 Å². The fourth-order valence-electron chi connectivity index (χ4n) is 2.98. The molecule has 1 saturated heterocycles. The summed E-state index contributed by atoms with van der Waals surface area (Å²) in [6.07, 6.45) is -0.771. The number of nitrogens with zero attached hydrogens (tertiary/aromatic N) is 3. The van der Waals surface area contributed by atoms with E-state index in [1.807, 2.05) is 0 Å². The van der Waals surface area contributed by atoms with Crippen molar-refractivity contribution in [3.63, 3.8) is 0 Å². The molecule has 146 valence electrons. The summed E-state index contributed by atoms with van der Waals surface area (Å²) >= 11 is 0. The highest BCUT2D eigenvalue weighted by Gasteiger charge is 2.29. The third-order valence-corrected chi connectivity index (χ3v) is 4.39. The summed E-state index contributed by atoms with van der Waals surface area (Å²) in [5.74, 6) is -1.58. The van der Waals surface area contributed by atoms with Gasteiger partial charge in [-0.25, -0.2) is 14.5 Å². The van der Waals surface area contributed by atoms with Crippen molar-refractivity contribution in [1.82, 2.24) is 14.7 Å². The summed E-state index contributed by atoms with van der Waals surface area (Å²) in [4.78, 5) is 49.9. The van der Waals surface area contributed by atoms with E-state index >= 15 is 0 Å². The molecule has 9 nitrogen and oxygen atoms in total. The van der Waals surface area contributed by atoms with Crippen LogP contribution >= 0.6 is 0 Å². The van der Waals surface area contributed by atoms with Gasteiger partial charge in [-0.05, 0) is 18.2 Å². The standard InChI is InChI=1S/C20H15N3O6/c24-16(22-10-11-28-20(22)27)12-29-19(26)17-14-8-4-5-9-15(14)18(25)23(21-17)13-6-2-1-3-7-13/h1-9H,10-12H2. The zero-order valence-electron chi connectivity index (χ0n) is 15.1. The first-order chi connectivity index (χ1) is 14.1. The summed E-state index contributed by atoms with van der Waals surface area (Å²) in [6, 6.07) is 15.1. The average molecular weight is 393 g/mol. The van der Waals surface area contributed by atoms with Crippen molar-refractivity contribution >= 4 is 28.7 Å². The van der Waals surface area contributed by atoms with Crippen LogP contribution in [0, 0.1) is 0 Å². The molecule has 2 amide bonds. The normalized spacial score (nSPS) is 13.4. The van der Waals surface area contributed by atoms with Gasteiger partial charge >= 0.3 is 12.1 Å². The summed E-state index contributed by atoms with van der Waals surface area (Å²) in [7, 11) is 0. The molecule has 1 fully saturated rings. The fourth-order valence-corrected chi connectivity index (χ4v) is 2.98. The van der Waals surface area contributed by atoms with E-state index in [0.717, 1.165) is 9.58 Å². The first-order valence-corrected chi connectivity index (χ1v) is 8.78. The molecule has 0 aliphatic carbocycles. The molecule has 9 heteroatoms. The number of cyclic esters (lactones) is 1. The molecule has 0 saturated carbocycles. The predicted molar refractivity (Wildman–Crippen MR) is 101 cm³/mol. The molecule has 1 aliphatic rings. The maximum absolute atomic E-state index is 12.8. The van der Waals surface area contributed by atoms with E-state index in [4.69, 9.17) is 4.74 Å². The molecule has 0 N–H and O–H groups in total. The van der Waals surface area contributed by atoms with Gasteiger partial charge in [-0.15, -0.1) is 0 Å². The number of carbonyl (C=O) groups excluding carboxylic acids is 3. The van der Waals surface area contributed by atoms with Crippen LogP contribution in [0.1, 0.15) is 10.5 Å². The lowest BCUT2D eigenvalue weighted by molar-refractivity contribution is -0.131. The highest BCUT2D eigenvalue weighted by molar-refractivity contribution is 6.03. The lowest BCUT2D eigenvalue weighted by Gasteiger charge is -2.12. The Hall–Kier alpha value is -4.01. The number of hydrogen-bond donors (Lipinski definition) is 0. The number of imide groups is 1. The topological polar surface area (TPSA) is 108 Å². The first-order valence-electron chi connectivity index (χ1n) is 8.78. The van der Waals surface area contributed by atoms with E-state index in [9.17, 15) is 19.2 Å². The minimum Gasteiger partial charge on any atom is -0.451 e. The highest BCUT2D eigenvalue weighted by Crippen LogP contribution is 2.16. The monoisotopic (exact) mass is 393 g/mol. The van der Waals surface area contributed by atoms with Crippen LogP contribution in [0.3, 0.4) is 0 Å². The van der Waals surface area contributed by atoms with E-state index in [1.165, 1.54) is 0 Å². The van der Waals surface area contributed by atoms with Crippen LogP contribution in [0.15, 0.2) is 59.4 Å². The average Bonchev–Trinajstić information content (AvgIpc) is 3.19. The second-order valence-electron chi connectivity index (χ2n) is 6.18. The fraction of sp³-hybridized carbons (Fsp3) is 0.150. The molecule has 2 heterocycles. The van der Waals surface area contributed by atoms with Gasteiger partial charge < -0.3 is 9.47 Å². The Kier molecular flexibility index (Phi) is 4.78. The SMILES string of the molecule is O=C(OCC(=O)N1CCOC1=O)c1nn(-c2ccccc2)c(=O)c2ccccc12. The molecule has 1 aliphatic heterocycles. The molecule has 3 aromatic rings. The van der Waals surface area contributed by atoms with E-state index in [1.54, 1.807) is 54.6 Å². The number of ether oxygens (including phenoxy) is 2. The Morgan fingerprint density at radius 2 is 1.69 bits per heavy atom. The molecular formula is C20H15N3O6. The number of aromatic nitrogens is 2.